The van der Waals surface area contributed by atoms with Crippen LogP contribution in [-0.4, -0.2) is 42.5 Å². The molecule has 1 aliphatic heterocycles. The smallest absolute Gasteiger partial charge is 0.325 e. The van der Waals surface area contributed by atoms with Crippen LogP contribution in [0, 0.1) is 6.92 Å². The lowest BCUT2D eigenvalue weighted by Crippen LogP contribution is -2.44. The fourth-order valence-electron chi connectivity index (χ4n) is 3.81. The molecule has 8 heteroatoms. The molecular formula is C24H29N3O5. The summed E-state index contributed by atoms with van der Waals surface area (Å²) in [7, 11) is 1.57. The van der Waals surface area contributed by atoms with Crippen molar-refractivity contribution < 1.29 is 23.9 Å². The maximum Gasteiger partial charge on any atom is 0.325 e. The first kappa shape index (κ1) is 23.1. The highest BCUT2D eigenvalue weighted by molar-refractivity contribution is 6.10. The number of anilines is 1. The monoisotopic (exact) mass is 439 g/mol. The second-order valence-electron chi connectivity index (χ2n) is 7.98. The number of urea groups is 1. The SMILES string of the molecule is CCC1(c2ccc(OC)c(C)c2)NC(=O)N(CC(=O)Nc2ccccc2OC(C)C)C1=O. The Bertz CT molecular complexity index is 1040. The number of aryl methyl sites for hydroxylation is 1. The number of para-hydroxylation sites is 2. The lowest BCUT2D eigenvalue weighted by Gasteiger charge is -2.26. The van der Waals surface area contributed by atoms with Crippen LogP contribution in [0.4, 0.5) is 10.5 Å². The van der Waals surface area contributed by atoms with Crippen LogP contribution >= 0.6 is 0 Å². The molecule has 3 rings (SSSR count). The highest BCUT2D eigenvalue weighted by atomic mass is 16.5. The molecule has 0 aliphatic carbocycles. The van der Waals surface area contributed by atoms with E-state index in [0.29, 0.717) is 29.2 Å². The van der Waals surface area contributed by atoms with Crippen LogP contribution in [0.25, 0.3) is 0 Å². The fraction of sp³-hybridized carbons (Fsp3) is 0.375. The molecule has 0 aromatic heterocycles. The third-order valence-electron chi connectivity index (χ3n) is 5.42. The summed E-state index contributed by atoms with van der Waals surface area (Å²) in [6.45, 7) is 7.06. The molecule has 1 aliphatic rings. The standard InChI is InChI=1S/C24H29N3O5/c1-6-24(17-11-12-19(31-5)16(4)13-17)22(29)27(23(30)26-24)14-21(28)25-18-9-7-8-10-20(18)32-15(2)3/h7-13,15H,6,14H2,1-5H3,(H,25,28)(H,26,30). The van der Waals surface area contributed by atoms with Crippen molar-refractivity contribution in [1.82, 2.24) is 10.2 Å². The molecule has 0 saturated carbocycles. The summed E-state index contributed by atoms with van der Waals surface area (Å²) in [4.78, 5) is 39.7. The van der Waals surface area contributed by atoms with Gasteiger partial charge in [-0.3, -0.25) is 14.5 Å². The summed E-state index contributed by atoms with van der Waals surface area (Å²) in [5.41, 5.74) is 0.742. The Balaban J connectivity index is 1.80. The maximum atomic E-state index is 13.3. The number of hydrogen-bond donors (Lipinski definition) is 2. The number of ether oxygens (including phenoxy) is 2. The number of benzene rings is 2. The number of imide groups is 1. The van der Waals surface area contributed by atoms with Crippen LogP contribution < -0.4 is 20.1 Å². The van der Waals surface area contributed by atoms with Crippen LogP contribution in [0.2, 0.25) is 0 Å². The molecule has 1 heterocycles. The zero-order valence-corrected chi connectivity index (χ0v) is 19.0. The Morgan fingerprint density at radius 2 is 1.88 bits per heavy atom. The van der Waals surface area contributed by atoms with Gasteiger partial charge in [-0.15, -0.1) is 0 Å². The topological polar surface area (TPSA) is 97.0 Å². The molecular weight excluding hydrogens is 410 g/mol. The zero-order chi connectivity index (χ0) is 23.5. The van der Waals surface area contributed by atoms with E-state index in [1.807, 2.05) is 33.8 Å². The van der Waals surface area contributed by atoms with Crippen LogP contribution in [0.15, 0.2) is 42.5 Å². The van der Waals surface area contributed by atoms with Gasteiger partial charge in [-0.25, -0.2) is 4.79 Å². The van der Waals surface area contributed by atoms with E-state index in [2.05, 4.69) is 10.6 Å². The number of rotatable bonds is 8. The second kappa shape index (κ2) is 9.30. The largest absolute Gasteiger partial charge is 0.496 e. The number of amides is 4. The summed E-state index contributed by atoms with van der Waals surface area (Å²) in [5, 5.41) is 5.54. The molecule has 2 aromatic carbocycles. The third-order valence-corrected chi connectivity index (χ3v) is 5.42. The van der Waals surface area contributed by atoms with Crippen LogP contribution in [0.5, 0.6) is 11.5 Å². The third kappa shape index (κ3) is 4.39. The quantitative estimate of drug-likeness (QED) is 0.613. The van der Waals surface area contributed by atoms with Crippen molar-refractivity contribution in [3.05, 3.63) is 53.6 Å². The van der Waals surface area contributed by atoms with Gasteiger partial charge < -0.3 is 20.1 Å². The Morgan fingerprint density at radius 1 is 1.16 bits per heavy atom. The Morgan fingerprint density at radius 3 is 2.50 bits per heavy atom. The van der Waals surface area contributed by atoms with Gasteiger partial charge in [0, 0.05) is 0 Å². The second-order valence-corrected chi connectivity index (χ2v) is 7.98. The van der Waals surface area contributed by atoms with E-state index in [0.717, 1.165) is 10.5 Å². The van der Waals surface area contributed by atoms with Gasteiger partial charge >= 0.3 is 6.03 Å². The first-order valence-corrected chi connectivity index (χ1v) is 10.6. The van der Waals surface area contributed by atoms with Gasteiger partial charge in [-0.1, -0.05) is 25.1 Å². The molecule has 1 fully saturated rings. The summed E-state index contributed by atoms with van der Waals surface area (Å²) < 4.78 is 11.0. The van der Waals surface area contributed by atoms with Gasteiger partial charge in [0.15, 0.2) is 0 Å². The Hall–Kier alpha value is -3.55. The van der Waals surface area contributed by atoms with Gasteiger partial charge in [0.25, 0.3) is 5.91 Å². The zero-order valence-electron chi connectivity index (χ0n) is 19.0. The van der Waals surface area contributed by atoms with Gasteiger partial charge in [0.2, 0.25) is 5.91 Å². The molecule has 2 N–H and O–H groups in total. The molecule has 170 valence electrons. The molecule has 2 aromatic rings. The summed E-state index contributed by atoms with van der Waals surface area (Å²) in [6.07, 6.45) is 0.268. The van der Waals surface area contributed by atoms with Gasteiger partial charge in [-0.05, 0) is 62.6 Å². The fourth-order valence-corrected chi connectivity index (χ4v) is 3.81. The molecule has 1 unspecified atom stereocenters. The van der Waals surface area contributed by atoms with Crippen molar-refractivity contribution in [3.8, 4) is 11.5 Å². The number of nitrogens with zero attached hydrogens (tertiary/aromatic N) is 1. The van der Waals surface area contributed by atoms with Crippen molar-refractivity contribution in [2.75, 3.05) is 19.0 Å². The predicted octanol–water partition coefficient (Wildman–Crippen LogP) is 3.59. The van der Waals surface area contributed by atoms with E-state index in [9.17, 15) is 14.4 Å². The van der Waals surface area contributed by atoms with Crippen molar-refractivity contribution in [3.63, 3.8) is 0 Å². The average Bonchev–Trinajstić information content (AvgIpc) is 2.99. The number of hydrogen-bond acceptors (Lipinski definition) is 5. The van der Waals surface area contributed by atoms with E-state index in [-0.39, 0.29) is 6.10 Å². The van der Waals surface area contributed by atoms with Gasteiger partial charge in [-0.2, -0.15) is 0 Å². The predicted molar refractivity (Wildman–Crippen MR) is 121 cm³/mol. The molecule has 8 nitrogen and oxygen atoms in total. The van der Waals surface area contributed by atoms with E-state index in [1.165, 1.54) is 0 Å². The van der Waals surface area contributed by atoms with Crippen molar-refractivity contribution in [2.24, 2.45) is 0 Å². The molecule has 1 atom stereocenters. The number of carbonyl (C=O) groups is 3. The molecule has 0 bridgehead atoms. The summed E-state index contributed by atoms with van der Waals surface area (Å²) in [5.74, 6) is 0.252. The van der Waals surface area contributed by atoms with Crippen molar-refractivity contribution in [2.45, 2.75) is 45.8 Å². The van der Waals surface area contributed by atoms with E-state index in [4.69, 9.17) is 9.47 Å². The van der Waals surface area contributed by atoms with Crippen LogP contribution in [0.3, 0.4) is 0 Å². The van der Waals surface area contributed by atoms with Crippen LogP contribution in [-0.2, 0) is 15.1 Å². The Kier molecular flexibility index (Phi) is 6.72. The highest BCUT2D eigenvalue weighted by Crippen LogP contribution is 2.35. The minimum Gasteiger partial charge on any atom is -0.496 e. The van der Waals surface area contributed by atoms with Crippen molar-refractivity contribution in [1.29, 1.82) is 0 Å². The number of nitrogens with one attached hydrogen (secondary N) is 2. The molecule has 4 amide bonds. The Labute approximate surface area is 187 Å². The van der Waals surface area contributed by atoms with E-state index >= 15 is 0 Å². The first-order valence-electron chi connectivity index (χ1n) is 10.6. The van der Waals surface area contributed by atoms with Gasteiger partial charge in [0.1, 0.15) is 23.6 Å². The molecule has 32 heavy (non-hydrogen) atoms. The number of carbonyl (C=O) groups excluding carboxylic acids is 3. The van der Waals surface area contributed by atoms with Gasteiger partial charge in [0.05, 0.1) is 18.9 Å². The number of methoxy groups -OCH3 is 1. The normalized spacial score (nSPS) is 18.0. The lowest BCUT2D eigenvalue weighted by atomic mass is 9.86. The minimum atomic E-state index is -1.23. The van der Waals surface area contributed by atoms with Crippen LogP contribution in [0.1, 0.15) is 38.3 Å². The summed E-state index contributed by atoms with van der Waals surface area (Å²) in [6, 6.07) is 11.8. The molecule has 0 radical (unpaired) electrons. The van der Waals surface area contributed by atoms with E-state index < -0.39 is 29.9 Å². The van der Waals surface area contributed by atoms with Crippen molar-refractivity contribution >= 4 is 23.5 Å². The highest BCUT2D eigenvalue weighted by Gasteiger charge is 2.51. The maximum absolute atomic E-state index is 13.3. The molecule has 0 spiro atoms. The minimum absolute atomic E-state index is 0.0721. The first-order chi connectivity index (χ1) is 15.2. The average molecular weight is 440 g/mol. The lowest BCUT2D eigenvalue weighted by molar-refractivity contribution is -0.134. The molecule has 1 saturated heterocycles. The van der Waals surface area contributed by atoms with E-state index in [1.54, 1.807) is 43.5 Å². The summed E-state index contributed by atoms with van der Waals surface area (Å²) >= 11 is 0.